The Morgan fingerprint density at radius 2 is 1.32 bits per heavy atom. The van der Waals surface area contributed by atoms with Crippen LogP contribution < -0.4 is 9.64 Å². The quantitative estimate of drug-likeness (QED) is 0.311. The van der Waals surface area contributed by atoms with Crippen molar-refractivity contribution in [3.05, 3.63) is 132 Å². The minimum atomic E-state index is -0.258. The molecule has 0 saturated heterocycles. The van der Waals surface area contributed by atoms with Gasteiger partial charge in [0.25, 0.3) is 0 Å². The Bertz CT molecular complexity index is 1450. The van der Waals surface area contributed by atoms with Gasteiger partial charge in [-0.2, -0.15) is 0 Å². The number of hydrogen-bond donors (Lipinski definition) is 0. The first-order chi connectivity index (χ1) is 18.2. The van der Waals surface area contributed by atoms with Gasteiger partial charge in [0.15, 0.2) is 5.78 Å². The first-order valence-electron chi connectivity index (χ1n) is 12.5. The number of benzene rings is 3. The summed E-state index contributed by atoms with van der Waals surface area (Å²) in [5.74, 6) is 1.30. The summed E-state index contributed by atoms with van der Waals surface area (Å²) in [6, 6.07) is 31.0. The van der Waals surface area contributed by atoms with E-state index in [1.807, 2.05) is 84.9 Å². The minimum absolute atomic E-state index is 0.0150. The molecule has 0 saturated carbocycles. The number of para-hydroxylation sites is 1. The minimum Gasteiger partial charge on any atom is -0.457 e. The number of hydrogen-bond acceptors (Lipinski definition) is 4. The van der Waals surface area contributed by atoms with Gasteiger partial charge in [0, 0.05) is 48.1 Å². The van der Waals surface area contributed by atoms with Crippen LogP contribution in [0.1, 0.15) is 42.2 Å². The summed E-state index contributed by atoms with van der Waals surface area (Å²) >= 11 is 0. The number of amides is 1. The van der Waals surface area contributed by atoms with Crippen LogP contribution >= 0.6 is 0 Å². The molecule has 37 heavy (non-hydrogen) atoms. The molecular weight excluding hydrogens is 460 g/mol. The van der Waals surface area contributed by atoms with Crippen LogP contribution in [0.5, 0.6) is 11.5 Å². The van der Waals surface area contributed by atoms with Crippen molar-refractivity contribution < 1.29 is 14.3 Å². The fraction of sp³-hybridized carbons (Fsp3) is 0.156. The summed E-state index contributed by atoms with van der Waals surface area (Å²) < 4.78 is 5.95. The normalized spacial score (nSPS) is 19.5. The number of carbonyl (C=O) groups is 2. The predicted octanol–water partition coefficient (Wildman–Crippen LogP) is 6.80. The van der Waals surface area contributed by atoms with Gasteiger partial charge in [-0.25, -0.2) is 0 Å². The monoisotopic (exact) mass is 486 g/mol. The first-order valence-corrected chi connectivity index (χ1v) is 12.5. The predicted molar refractivity (Wildman–Crippen MR) is 142 cm³/mol. The molecule has 1 aliphatic heterocycles. The van der Waals surface area contributed by atoms with E-state index in [9.17, 15) is 9.59 Å². The third-order valence-electron chi connectivity index (χ3n) is 7.18. The summed E-state index contributed by atoms with van der Waals surface area (Å²) in [6.45, 7) is 0. The number of pyridine rings is 1. The Labute approximate surface area is 216 Å². The number of ketones is 1. The number of Topliss-reactive ketones (excluding diaryl/α,β-unsaturated/α-hetero) is 1. The molecule has 1 aliphatic carbocycles. The smallest absolute Gasteiger partial charge is 0.232 e. The van der Waals surface area contributed by atoms with Gasteiger partial charge in [-0.15, -0.1) is 0 Å². The van der Waals surface area contributed by atoms with E-state index in [1.54, 1.807) is 17.3 Å². The molecule has 4 aromatic rings. The second-order valence-corrected chi connectivity index (χ2v) is 9.47. The van der Waals surface area contributed by atoms with E-state index in [2.05, 4.69) is 17.1 Å². The number of allylic oxidation sites excluding steroid dienone is 2. The molecule has 2 heterocycles. The van der Waals surface area contributed by atoms with Crippen LogP contribution in [-0.2, 0) is 9.59 Å². The Morgan fingerprint density at radius 1 is 0.676 bits per heavy atom. The molecule has 6 rings (SSSR count). The Morgan fingerprint density at radius 3 is 2.03 bits per heavy atom. The van der Waals surface area contributed by atoms with Gasteiger partial charge < -0.3 is 4.74 Å². The molecule has 182 valence electrons. The molecule has 0 fully saturated rings. The lowest BCUT2D eigenvalue weighted by molar-refractivity contribution is -0.120. The number of aromatic nitrogens is 1. The van der Waals surface area contributed by atoms with Crippen molar-refractivity contribution in [2.75, 3.05) is 4.90 Å². The van der Waals surface area contributed by atoms with Crippen molar-refractivity contribution in [2.24, 2.45) is 0 Å². The second kappa shape index (κ2) is 9.86. The summed E-state index contributed by atoms with van der Waals surface area (Å²) in [5, 5.41) is 0. The molecule has 1 amide bonds. The van der Waals surface area contributed by atoms with Crippen LogP contribution in [0.3, 0.4) is 0 Å². The second-order valence-electron chi connectivity index (χ2n) is 9.47. The van der Waals surface area contributed by atoms with E-state index < -0.39 is 0 Å². The van der Waals surface area contributed by atoms with Crippen molar-refractivity contribution in [1.82, 2.24) is 4.98 Å². The highest BCUT2D eigenvalue weighted by Gasteiger charge is 2.42. The fourth-order valence-electron chi connectivity index (χ4n) is 5.46. The van der Waals surface area contributed by atoms with Crippen LogP contribution in [0.2, 0.25) is 0 Å². The first kappa shape index (κ1) is 22.9. The zero-order valence-electron chi connectivity index (χ0n) is 20.3. The molecule has 5 heteroatoms. The van der Waals surface area contributed by atoms with Gasteiger partial charge in [0.2, 0.25) is 5.91 Å². The van der Waals surface area contributed by atoms with E-state index in [4.69, 9.17) is 4.74 Å². The van der Waals surface area contributed by atoms with Crippen molar-refractivity contribution in [1.29, 1.82) is 0 Å². The largest absolute Gasteiger partial charge is 0.457 e. The van der Waals surface area contributed by atoms with Gasteiger partial charge in [0.05, 0.1) is 0 Å². The van der Waals surface area contributed by atoms with Gasteiger partial charge in [0.1, 0.15) is 11.5 Å². The van der Waals surface area contributed by atoms with Crippen LogP contribution in [0.15, 0.2) is 121 Å². The van der Waals surface area contributed by atoms with Crippen LogP contribution in [0, 0.1) is 0 Å². The highest BCUT2D eigenvalue weighted by atomic mass is 16.5. The number of nitrogens with zero attached hydrogens (tertiary/aromatic N) is 2. The lowest BCUT2D eigenvalue weighted by Gasteiger charge is -2.40. The summed E-state index contributed by atoms with van der Waals surface area (Å²) in [6.07, 6.45) is 4.75. The Hall–Kier alpha value is -4.51. The van der Waals surface area contributed by atoms with Crippen molar-refractivity contribution in [3.63, 3.8) is 0 Å². The highest BCUT2D eigenvalue weighted by Crippen LogP contribution is 2.47. The SMILES string of the molecule is O=C1CC(c2ccccc2)CC2=C1C(c1ccncc1)CC(=O)N2c1ccc(Oc2ccccc2)cc1. The van der Waals surface area contributed by atoms with Gasteiger partial charge in [-0.1, -0.05) is 48.5 Å². The molecule has 0 N–H and O–H groups in total. The van der Waals surface area contributed by atoms with E-state index >= 15 is 0 Å². The maximum absolute atomic E-state index is 13.7. The molecule has 5 nitrogen and oxygen atoms in total. The van der Waals surface area contributed by atoms with Crippen LogP contribution in [-0.4, -0.2) is 16.7 Å². The van der Waals surface area contributed by atoms with Gasteiger partial charge in [-0.3, -0.25) is 19.5 Å². The van der Waals surface area contributed by atoms with Crippen molar-refractivity contribution >= 4 is 17.4 Å². The molecule has 2 aliphatic rings. The molecule has 0 spiro atoms. The summed E-state index contributed by atoms with van der Waals surface area (Å²) in [5.41, 5.74) is 4.37. The van der Waals surface area contributed by atoms with Crippen molar-refractivity contribution in [2.45, 2.75) is 31.1 Å². The van der Waals surface area contributed by atoms with Crippen LogP contribution in [0.4, 0.5) is 5.69 Å². The number of rotatable bonds is 5. The third kappa shape index (κ3) is 4.56. The maximum Gasteiger partial charge on any atom is 0.232 e. The maximum atomic E-state index is 13.7. The molecule has 0 bridgehead atoms. The fourth-order valence-corrected chi connectivity index (χ4v) is 5.46. The van der Waals surface area contributed by atoms with E-state index in [0.717, 1.165) is 33.8 Å². The lowest BCUT2D eigenvalue weighted by Crippen LogP contribution is -2.41. The summed E-state index contributed by atoms with van der Waals surface area (Å²) in [7, 11) is 0. The number of carbonyl (C=O) groups excluding carboxylic acids is 2. The topological polar surface area (TPSA) is 59.5 Å². The zero-order valence-corrected chi connectivity index (χ0v) is 20.3. The standard InChI is InChI=1S/C32H26N2O3/c35-30-20-24(22-7-3-1-4-8-22)19-29-32(30)28(23-15-17-33-18-16-23)21-31(36)34(29)25-11-13-27(14-12-25)37-26-9-5-2-6-10-26/h1-18,24,28H,19-21H2. The Kier molecular flexibility index (Phi) is 6.11. The highest BCUT2D eigenvalue weighted by molar-refractivity contribution is 6.07. The van der Waals surface area contributed by atoms with E-state index in [-0.39, 0.29) is 29.9 Å². The Balaban J connectivity index is 1.39. The lowest BCUT2D eigenvalue weighted by atomic mass is 9.73. The van der Waals surface area contributed by atoms with E-state index in [0.29, 0.717) is 18.6 Å². The average Bonchev–Trinajstić information content (AvgIpc) is 2.94. The molecule has 3 aromatic carbocycles. The molecular formula is C32H26N2O3. The average molecular weight is 487 g/mol. The van der Waals surface area contributed by atoms with Gasteiger partial charge >= 0.3 is 0 Å². The summed E-state index contributed by atoms with van der Waals surface area (Å²) in [4.78, 5) is 33.3. The third-order valence-corrected chi connectivity index (χ3v) is 7.18. The van der Waals surface area contributed by atoms with Crippen molar-refractivity contribution in [3.8, 4) is 11.5 Å². The van der Waals surface area contributed by atoms with E-state index in [1.165, 1.54) is 0 Å². The molecule has 1 aromatic heterocycles. The molecule has 0 radical (unpaired) electrons. The molecule has 2 unspecified atom stereocenters. The van der Waals surface area contributed by atoms with Gasteiger partial charge in [-0.05, 0) is 72.0 Å². The molecule has 2 atom stereocenters. The number of ether oxygens (including phenoxy) is 1. The zero-order chi connectivity index (χ0) is 25.2. The van der Waals surface area contributed by atoms with Crippen LogP contribution in [0.25, 0.3) is 0 Å². The number of anilines is 1.